The van der Waals surface area contributed by atoms with Gasteiger partial charge in [0.05, 0.1) is 6.42 Å². The van der Waals surface area contributed by atoms with Crippen LogP contribution in [0.15, 0.2) is 11.4 Å². The fourth-order valence-electron chi connectivity index (χ4n) is 2.70. The molecule has 0 bridgehead atoms. The first-order valence-electron chi connectivity index (χ1n) is 8.11. The van der Waals surface area contributed by atoms with E-state index in [1.54, 1.807) is 16.2 Å². The Kier molecular flexibility index (Phi) is 6.60. The maximum absolute atomic E-state index is 12.7. The van der Waals surface area contributed by atoms with E-state index in [9.17, 15) is 14.4 Å². The SMILES string of the molecule is CCCC(NC(=O)NCCC(=O)O)C(=O)N1CCc2sccc2C1. The van der Waals surface area contributed by atoms with Gasteiger partial charge in [0.1, 0.15) is 6.04 Å². The van der Waals surface area contributed by atoms with E-state index in [-0.39, 0.29) is 18.9 Å². The lowest BCUT2D eigenvalue weighted by Crippen LogP contribution is -2.52. The van der Waals surface area contributed by atoms with Crippen molar-refractivity contribution in [3.8, 4) is 0 Å². The van der Waals surface area contributed by atoms with Crippen LogP contribution in [-0.2, 0) is 22.6 Å². The molecule has 0 fully saturated rings. The quantitative estimate of drug-likeness (QED) is 0.693. The second kappa shape index (κ2) is 8.68. The number of hydrogen-bond acceptors (Lipinski definition) is 4. The molecule has 24 heavy (non-hydrogen) atoms. The predicted molar refractivity (Wildman–Crippen MR) is 90.9 cm³/mol. The minimum absolute atomic E-state index is 0.0379. The molecule has 0 radical (unpaired) electrons. The van der Waals surface area contributed by atoms with Gasteiger partial charge >= 0.3 is 12.0 Å². The largest absolute Gasteiger partial charge is 0.481 e. The molecule has 3 amide bonds. The average molecular weight is 353 g/mol. The standard InChI is InChI=1S/C16H23N3O4S/c1-2-3-12(18-16(23)17-7-4-14(20)21)15(22)19-8-5-13-11(10-19)6-9-24-13/h6,9,12H,2-5,7-8,10H2,1H3,(H,20,21)(H2,17,18,23). The minimum Gasteiger partial charge on any atom is -0.481 e. The van der Waals surface area contributed by atoms with Gasteiger partial charge in [-0.25, -0.2) is 4.79 Å². The van der Waals surface area contributed by atoms with Crippen molar-refractivity contribution in [3.05, 3.63) is 21.9 Å². The third kappa shape index (κ3) is 4.95. The van der Waals surface area contributed by atoms with Crippen LogP contribution in [0.25, 0.3) is 0 Å². The molecule has 7 nitrogen and oxygen atoms in total. The van der Waals surface area contributed by atoms with E-state index >= 15 is 0 Å². The molecule has 1 aromatic rings. The summed E-state index contributed by atoms with van der Waals surface area (Å²) in [7, 11) is 0. The van der Waals surface area contributed by atoms with Crippen LogP contribution in [0.2, 0.25) is 0 Å². The first kappa shape index (κ1) is 18.3. The highest BCUT2D eigenvalue weighted by Gasteiger charge is 2.28. The highest BCUT2D eigenvalue weighted by atomic mass is 32.1. The van der Waals surface area contributed by atoms with E-state index in [0.29, 0.717) is 19.5 Å². The number of fused-ring (bicyclic) bond motifs is 1. The zero-order valence-electron chi connectivity index (χ0n) is 13.7. The van der Waals surface area contributed by atoms with Crippen LogP contribution in [0.5, 0.6) is 0 Å². The summed E-state index contributed by atoms with van der Waals surface area (Å²) in [5, 5.41) is 15.8. The molecule has 8 heteroatoms. The minimum atomic E-state index is -0.976. The van der Waals surface area contributed by atoms with Crippen molar-refractivity contribution < 1.29 is 19.5 Å². The van der Waals surface area contributed by atoms with Crippen molar-refractivity contribution in [3.63, 3.8) is 0 Å². The second-order valence-corrected chi connectivity index (χ2v) is 6.76. The van der Waals surface area contributed by atoms with Crippen LogP contribution in [-0.4, -0.2) is 47.0 Å². The summed E-state index contributed by atoms with van der Waals surface area (Å²) in [6.45, 7) is 3.24. The number of thiophene rings is 1. The van der Waals surface area contributed by atoms with Gasteiger partial charge in [0.25, 0.3) is 0 Å². The van der Waals surface area contributed by atoms with Crippen molar-refractivity contribution in [2.24, 2.45) is 0 Å². The van der Waals surface area contributed by atoms with E-state index in [4.69, 9.17) is 5.11 Å². The molecule has 3 N–H and O–H groups in total. The van der Waals surface area contributed by atoms with Gasteiger partial charge in [-0.05, 0) is 29.9 Å². The highest BCUT2D eigenvalue weighted by Crippen LogP contribution is 2.24. The lowest BCUT2D eigenvalue weighted by Gasteiger charge is -2.30. The summed E-state index contributed by atoms with van der Waals surface area (Å²) in [5.41, 5.74) is 1.18. The Balaban J connectivity index is 1.90. The monoisotopic (exact) mass is 353 g/mol. The number of aliphatic carboxylic acids is 1. The molecule has 0 aromatic carbocycles. The number of rotatable bonds is 7. The van der Waals surface area contributed by atoms with E-state index in [2.05, 4.69) is 10.6 Å². The number of amides is 3. The van der Waals surface area contributed by atoms with Crippen molar-refractivity contribution >= 4 is 29.2 Å². The van der Waals surface area contributed by atoms with Crippen LogP contribution in [0.1, 0.15) is 36.6 Å². The lowest BCUT2D eigenvalue weighted by molar-refractivity contribution is -0.137. The highest BCUT2D eigenvalue weighted by molar-refractivity contribution is 7.10. The topological polar surface area (TPSA) is 98.7 Å². The summed E-state index contributed by atoms with van der Waals surface area (Å²) in [5.74, 6) is -1.06. The summed E-state index contributed by atoms with van der Waals surface area (Å²) in [4.78, 5) is 38.2. The van der Waals surface area contributed by atoms with Crippen LogP contribution in [0, 0.1) is 0 Å². The number of carboxylic acids is 1. The number of hydrogen-bond donors (Lipinski definition) is 3. The van der Waals surface area contributed by atoms with Gasteiger partial charge in [0.2, 0.25) is 5.91 Å². The van der Waals surface area contributed by atoms with Gasteiger partial charge in [-0.2, -0.15) is 0 Å². The Hall–Kier alpha value is -2.09. The number of nitrogens with one attached hydrogen (secondary N) is 2. The lowest BCUT2D eigenvalue weighted by atomic mass is 10.1. The van der Waals surface area contributed by atoms with Crippen LogP contribution >= 0.6 is 11.3 Å². The van der Waals surface area contributed by atoms with Crippen molar-refractivity contribution in [1.29, 1.82) is 0 Å². The molecule has 2 rings (SSSR count). The number of urea groups is 1. The first-order chi connectivity index (χ1) is 11.5. The Morgan fingerprint density at radius 2 is 2.21 bits per heavy atom. The Bertz CT molecular complexity index is 602. The maximum Gasteiger partial charge on any atom is 0.315 e. The molecular formula is C16H23N3O4S. The molecule has 1 atom stereocenters. The molecule has 1 aliphatic rings. The summed E-state index contributed by atoms with van der Waals surface area (Å²) < 4.78 is 0. The first-order valence-corrected chi connectivity index (χ1v) is 8.99. The molecule has 1 aromatic heterocycles. The van der Waals surface area contributed by atoms with Gasteiger partial charge in [-0.3, -0.25) is 9.59 Å². The summed E-state index contributed by atoms with van der Waals surface area (Å²) in [6, 6.07) is 0.955. The smallest absolute Gasteiger partial charge is 0.315 e. The normalized spacial score (nSPS) is 14.6. The third-order valence-electron chi connectivity index (χ3n) is 3.92. The van der Waals surface area contributed by atoms with Crippen molar-refractivity contribution in [1.82, 2.24) is 15.5 Å². The van der Waals surface area contributed by atoms with Crippen molar-refractivity contribution in [2.75, 3.05) is 13.1 Å². The number of carboxylic acid groups (broad SMARTS) is 1. The molecule has 1 aliphatic heterocycles. The molecule has 0 saturated heterocycles. The molecule has 2 heterocycles. The zero-order valence-corrected chi connectivity index (χ0v) is 14.5. The van der Waals surface area contributed by atoms with E-state index in [1.165, 1.54) is 10.4 Å². The second-order valence-electron chi connectivity index (χ2n) is 5.76. The maximum atomic E-state index is 12.7. The van der Waals surface area contributed by atoms with Crippen LogP contribution in [0.3, 0.4) is 0 Å². The van der Waals surface area contributed by atoms with Crippen LogP contribution < -0.4 is 10.6 Å². The van der Waals surface area contributed by atoms with Gasteiger partial charge in [0.15, 0.2) is 0 Å². The van der Waals surface area contributed by atoms with E-state index in [0.717, 1.165) is 12.8 Å². The summed E-state index contributed by atoms with van der Waals surface area (Å²) in [6.07, 6.45) is 2.02. The number of carbonyl (C=O) groups excluding carboxylic acids is 2. The van der Waals surface area contributed by atoms with E-state index < -0.39 is 18.0 Å². The fourth-order valence-corrected chi connectivity index (χ4v) is 3.58. The molecule has 0 aliphatic carbocycles. The molecule has 0 spiro atoms. The van der Waals surface area contributed by atoms with E-state index in [1.807, 2.05) is 18.4 Å². The molecule has 132 valence electrons. The van der Waals surface area contributed by atoms with Gasteiger partial charge in [-0.1, -0.05) is 13.3 Å². The Labute approximate surface area is 145 Å². The zero-order chi connectivity index (χ0) is 17.5. The Morgan fingerprint density at radius 3 is 2.92 bits per heavy atom. The number of carbonyl (C=O) groups is 3. The van der Waals surface area contributed by atoms with Gasteiger partial charge < -0.3 is 20.6 Å². The molecule has 1 unspecified atom stereocenters. The Morgan fingerprint density at radius 1 is 1.42 bits per heavy atom. The van der Waals surface area contributed by atoms with Gasteiger partial charge in [-0.15, -0.1) is 11.3 Å². The summed E-state index contributed by atoms with van der Waals surface area (Å²) >= 11 is 1.71. The average Bonchev–Trinajstić information content (AvgIpc) is 3.01. The number of nitrogens with zero attached hydrogens (tertiary/aromatic N) is 1. The molecule has 0 saturated carbocycles. The van der Waals surface area contributed by atoms with Crippen molar-refractivity contribution in [2.45, 2.75) is 45.2 Å². The molecular weight excluding hydrogens is 330 g/mol. The van der Waals surface area contributed by atoms with Gasteiger partial charge in [0, 0.05) is 24.5 Å². The third-order valence-corrected chi connectivity index (χ3v) is 4.95. The predicted octanol–water partition coefficient (Wildman–Crippen LogP) is 1.58. The fraction of sp³-hybridized carbons (Fsp3) is 0.562. The van der Waals surface area contributed by atoms with Crippen LogP contribution in [0.4, 0.5) is 4.79 Å².